The minimum atomic E-state index is -1.24. The number of aromatic nitrogens is 3. The van der Waals surface area contributed by atoms with E-state index in [1.165, 1.54) is 75.8 Å². The molecule has 6 N–H and O–H groups in total. The maximum atomic E-state index is 13.1. The van der Waals surface area contributed by atoms with Crippen LogP contribution in [0.1, 0.15) is 199 Å². The van der Waals surface area contributed by atoms with Crippen LogP contribution in [-0.4, -0.2) is 66.0 Å². The van der Waals surface area contributed by atoms with Gasteiger partial charge in [0.05, 0.1) is 22.6 Å². The first-order chi connectivity index (χ1) is 36.0. The van der Waals surface area contributed by atoms with Crippen LogP contribution >= 0.6 is 0 Å². The third-order valence-corrected chi connectivity index (χ3v) is 15.5. The Labute approximate surface area is 473 Å². The minimum Gasteiger partial charge on any atom is -0.475 e. The number of benzene rings is 3. The van der Waals surface area contributed by atoms with Crippen molar-refractivity contribution in [1.82, 2.24) is 20.8 Å². The molecule has 3 heterocycles. The molecule has 1 amide bonds. The quantitative estimate of drug-likeness (QED) is 0.0487. The molecule has 0 aliphatic heterocycles. The van der Waals surface area contributed by atoms with E-state index in [9.17, 15) is 24.3 Å². The molecule has 8 aliphatic carbocycles. The van der Waals surface area contributed by atoms with E-state index in [0.29, 0.717) is 34.7 Å². The summed E-state index contributed by atoms with van der Waals surface area (Å²) in [7, 11) is 0. The average Bonchev–Trinajstić information content (AvgIpc) is 4.18. The van der Waals surface area contributed by atoms with E-state index in [4.69, 9.17) is 20.5 Å². The smallest absolute Gasteiger partial charge is 0.475 e. The summed E-state index contributed by atoms with van der Waals surface area (Å²) in [5.74, 6) is 3.05. The van der Waals surface area contributed by atoms with Gasteiger partial charge < -0.3 is 46.9 Å². The Morgan fingerprint density at radius 1 is 0.692 bits per heavy atom. The molecule has 416 valence electrons. The topological polar surface area (TPSA) is 245 Å². The summed E-state index contributed by atoms with van der Waals surface area (Å²) in [5, 5.41) is 41.8. The Hall–Kier alpha value is -6.11. The predicted molar refractivity (Wildman–Crippen MR) is 296 cm³/mol. The Morgan fingerprint density at radius 2 is 1.14 bits per heavy atom. The van der Waals surface area contributed by atoms with Crippen LogP contribution in [0, 0.1) is 63.2 Å². The number of nitrogens with zero attached hydrogens (tertiary/aromatic N) is 3. The number of carbonyl (C=O) groups is 4. The number of carboxylic acid groups (broad SMARTS) is 2. The molecule has 8 fully saturated rings. The number of carboxylic acids is 2. The summed E-state index contributed by atoms with van der Waals surface area (Å²) in [6.07, 6.45) is 18.9. The van der Waals surface area contributed by atoms with Crippen LogP contribution < -0.4 is 29.9 Å². The zero-order valence-corrected chi connectivity index (χ0v) is 44.8. The molecule has 1 unspecified atom stereocenters. The van der Waals surface area contributed by atoms with Gasteiger partial charge in [0.25, 0.3) is 5.91 Å². The van der Waals surface area contributed by atoms with Crippen LogP contribution in [0.2, 0.25) is 0 Å². The molecule has 14 rings (SSSR count). The Balaban J connectivity index is 0.000000219. The molecular weight excluding hydrogens is 982 g/mol. The second-order valence-electron chi connectivity index (χ2n) is 21.8. The fourth-order valence-electron chi connectivity index (χ4n) is 13.0. The number of carbonyl (C=O) groups excluding carboxylic acids is 2. The number of hydrogen-bond acceptors (Lipinski definition) is 12. The van der Waals surface area contributed by atoms with Gasteiger partial charge in [0.15, 0.2) is 0 Å². The van der Waals surface area contributed by atoms with Gasteiger partial charge in [0, 0.05) is 34.7 Å². The second-order valence-corrected chi connectivity index (χ2v) is 21.8. The number of rotatable bonds is 10. The van der Waals surface area contributed by atoms with Gasteiger partial charge in [-0.3, -0.25) is 9.59 Å². The zero-order valence-electron chi connectivity index (χ0n) is 44.8. The van der Waals surface area contributed by atoms with Crippen molar-refractivity contribution in [3.05, 3.63) is 166 Å². The molecule has 0 spiro atoms. The Bertz CT molecular complexity index is 2720. The van der Waals surface area contributed by atoms with E-state index in [-0.39, 0.29) is 62.2 Å². The molecule has 3 aromatic heterocycles. The number of aromatic carboxylic acids is 2. The van der Waals surface area contributed by atoms with Crippen molar-refractivity contribution in [2.24, 2.45) is 41.2 Å². The number of aldehydes is 1. The van der Waals surface area contributed by atoms with Crippen molar-refractivity contribution in [1.29, 1.82) is 0 Å². The maximum Gasteiger partial charge on any atom is 1.00 e. The summed E-state index contributed by atoms with van der Waals surface area (Å²) in [6, 6.07) is 29.4. The summed E-state index contributed by atoms with van der Waals surface area (Å²) >= 11 is 0. The molecule has 0 radical (unpaired) electrons. The first-order valence-corrected chi connectivity index (χ1v) is 26.5. The minimum absolute atomic E-state index is 0. The van der Waals surface area contributed by atoms with Gasteiger partial charge in [0.2, 0.25) is 17.3 Å². The number of amides is 1. The molecule has 6 aromatic rings. The van der Waals surface area contributed by atoms with Crippen LogP contribution in [-0.2, 0) is 6.42 Å². The van der Waals surface area contributed by atoms with Gasteiger partial charge in [-0.2, -0.15) is 6.42 Å². The Morgan fingerprint density at radius 3 is 1.54 bits per heavy atom. The van der Waals surface area contributed by atoms with E-state index >= 15 is 0 Å². The number of nitrogens with two attached hydrogens (primary N) is 1. The number of unbranched alkanes of at least 4 members (excludes halogenated alkanes) is 1. The molecule has 1 atom stereocenters. The molecule has 78 heavy (non-hydrogen) atoms. The molecule has 8 bridgehead atoms. The van der Waals surface area contributed by atoms with Crippen LogP contribution in [0.25, 0.3) is 0 Å². The first-order valence-electron chi connectivity index (χ1n) is 26.5. The summed E-state index contributed by atoms with van der Waals surface area (Å²) in [5.41, 5.74) is 12.0. The normalized spacial score (nSPS) is 24.2. The summed E-state index contributed by atoms with van der Waals surface area (Å²) in [6.45, 7) is 10.9. The van der Waals surface area contributed by atoms with Crippen LogP contribution in [0.15, 0.2) is 111 Å². The van der Waals surface area contributed by atoms with Crippen molar-refractivity contribution in [2.75, 3.05) is 0 Å². The number of nitrogens with one attached hydrogen (secondary N) is 1. The van der Waals surface area contributed by atoms with Crippen molar-refractivity contribution >= 4 is 24.1 Å². The van der Waals surface area contributed by atoms with Crippen LogP contribution in [0.5, 0.6) is 0 Å². The van der Waals surface area contributed by atoms with Crippen molar-refractivity contribution < 1.29 is 66.9 Å². The molecule has 3 aromatic carbocycles. The summed E-state index contributed by atoms with van der Waals surface area (Å²) in [4.78, 5) is 44.1. The third kappa shape index (κ3) is 17.2. The molecule has 15 nitrogen and oxygen atoms in total. The van der Waals surface area contributed by atoms with Gasteiger partial charge in [-0.05, 0) is 144 Å². The van der Waals surface area contributed by atoms with Crippen LogP contribution in [0.3, 0.4) is 0 Å². The first kappa shape index (κ1) is 64.4. The standard InChI is InChI=1S/C22H26N2O2.C12H11NO4.C10H17N.C7H6O.C5H5NO3.C4H9.2CH4.Li/c1-14-19(10-15-5-3-2-4-6-15)20(26-24-14)21(25)23-22-11-16-7-17(12-22)9-18(8-16)13-22;1-7-9(11(12(15)16)17-13-7)10(14)8-5-3-2-4-6-8;11-10-4-7-1-8(5-10)3-9(2-7)6-10;8-6-7-4-2-1-3-5-7;1-3-2-4(5(7)8)9-6-3;1-3-4-2;;;/h2-6,16-18H,7-13H2,1H3,(H,23,25);2-6,10,14H,1H3,(H,15,16);7-9H,1-6,11H2;1-6H;2H,1H3,(H,7,8);1,3-4H2,2H3;2*1H4;/q;;;;;-1;;;+1. The molecule has 16 heteroatoms. The number of aliphatic hydroxyl groups excluding tert-OH is 1. The molecular formula is C62H82LiN5O10. The van der Waals surface area contributed by atoms with Crippen molar-refractivity contribution in [3.63, 3.8) is 0 Å². The van der Waals surface area contributed by atoms with E-state index in [1.807, 2.05) is 49.4 Å². The maximum absolute atomic E-state index is 13.1. The largest absolute Gasteiger partial charge is 1.00 e. The van der Waals surface area contributed by atoms with Gasteiger partial charge in [-0.25, -0.2) is 9.59 Å². The summed E-state index contributed by atoms with van der Waals surface area (Å²) < 4.78 is 14.5. The molecule has 0 saturated heterocycles. The predicted octanol–water partition coefficient (Wildman–Crippen LogP) is 10.0. The number of aryl methyl sites for hydroxylation is 3. The monoisotopic (exact) mass is 1060 g/mol. The van der Waals surface area contributed by atoms with E-state index in [0.717, 1.165) is 84.3 Å². The SMILES string of the molecule is C.C.Cc1cc(C(=O)O)on1.Cc1noc(C(=O)NC23CC4CC(CC(C4)C2)C3)c1Cc1ccccc1.Cc1noc(C(=O)O)c1C(O)c1ccccc1.NC12CC3CC(CC(C3)C1)C2.O=Cc1ccccc1.[CH2-]CCC.[Li+]. The van der Waals surface area contributed by atoms with Gasteiger partial charge in [-0.15, -0.1) is 0 Å². The zero-order chi connectivity index (χ0) is 53.7. The van der Waals surface area contributed by atoms with Crippen LogP contribution in [0.4, 0.5) is 0 Å². The van der Waals surface area contributed by atoms with Gasteiger partial charge >= 0.3 is 30.8 Å². The molecule has 8 aliphatic rings. The number of aliphatic hydroxyl groups is 1. The van der Waals surface area contributed by atoms with Gasteiger partial charge in [0.1, 0.15) is 12.4 Å². The average molecular weight is 1060 g/mol. The van der Waals surface area contributed by atoms with E-state index in [2.05, 4.69) is 55.8 Å². The van der Waals surface area contributed by atoms with Crippen molar-refractivity contribution in [3.8, 4) is 0 Å². The Kier molecular flexibility index (Phi) is 24.6. The molecule has 8 saturated carbocycles. The van der Waals surface area contributed by atoms with E-state index in [1.54, 1.807) is 50.2 Å². The fourth-order valence-corrected chi connectivity index (χ4v) is 13.0. The van der Waals surface area contributed by atoms with E-state index < -0.39 is 18.0 Å². The number of hydrogen-bond donors (Lipinski definition) is 5. The fraction of sp³-hybridized carbons (Fsp3) is 0.484. The van der Waals surface area contributed by atoms with Crippen molar-refractivity contribution in [2.45, 2.75) is 156 Å². The van der Waals surface area contributed by atoms with Gasteiger partial charge in [-0.1, -0.05) is 135 Å². The second kappa shape index (κ2) is 29.7. The third-order valence-electron chi connectivity index (χ3n) is 15.5.